The smallest absolute Gasteiger partial charge is 0.257 e. The lowest BCUT2D eigenvalue weighted by Crippen LogP contribution is -2.14. The number of halogens is 1. The van der Waals surface area contributed by atoms with Gasteiger partial charge in [-0.25, -0.2) is 13.4 Å². The molecule has 0 fully saturated rings. The Bertz CT molecular complexity index is 1400. The van der Waals surface area contributed by atoms with Gasteiger partial charge in [-0.15, -0.1) is 0 Å². The summed E-state index contributed by atoms with van der Waals surface area (Å²) in [6.45, 7) is 1.59. The molecule has 1 amide bonds. The fourth-order valence-corrected chi connectivity index (χ4v) is 5.48. The average molecular weight is 519 g/mol. The van der Waals surface area contributed by atoms with Gasteiger partial charge in [-0.2, -0.15) is 0 Å². The van der Waals surface area contributed by atoms with Crippen molar-refractivity contribution in [2.45, 2.75) is 26.8 Å². The van der Waals surface area contributed by atoms with E-state index in [4.69, 9.17) is 16.0 Å². The molecule has 0 aliphatic rings. The highest BCUT2D eigenvalue weighted by Crippen LogP contribution is 2.34. The maximum Gasteiger partial charge on any atom is 0.257 e. The standard InChI is InChI=1S/C23H19ClN2O4S3/c1-2-33(28,29)17-11-12-20-19(13-17)26-23(30-20)31-14-22(27)25-18-5-3-4-6-21(18)32-16-9-7-15(24)8-10-16/h3-13H,2,14H2,1H3,(H,25,27). The molecule has 10 heteroatoms. The van der Waals surface area contributed by atoms with E-state index in [0.29, 0.717) is 27.0 Å². The zero-order valence-corrected chi connectivity index (χ0v) is 20.7. The van der Waals surface area contributed by atoms with E-state index in [9.17, 15) is 13.2 Å². The van der Waals surface area contributed by atoms with Crippen LogP contribution in [0.25, 0.3) is 11.1 Å². The zero-order chi connectivity index (χ0) is 23.4. The molecule has 0 atom stereocenters. The third kappa shape index (κ3) is 5.92. The third-order valence-electron chi connectivity index (χ3n) is 4.61. The highest BCUT2D eigenvalue weighted by molar-refractivity contribution is 8.00. The molecule has 1 N–H and O–H groups in total. The summed E-state index contributed by atoms with van der Waals surface area (Å²) in [7, 11) is -3.33. The zero-order valence-electron chi connectivity index (χ0n) is 17.4. The van der Waals surface area contributed by atoms with Gasteiger partial charge in [-0.05, 0) is 54.6 Å². The molecule has 1 heterocycles. The normalized spacial score (nSPS) is 11.6. The Morgan fingerprint density at radius 3 is 2.61 bits per heavy atom. The van der Waals surface area contributed by atoms with Crippen LogP contribution in [0.3, 0.4) is 0 Å². The maximum atomic E-state index is 12.6. The molecule has 3 aromatic carbocycles. The van der Waals surface area contributed by atoms with Crippen LogP contribution in [-0.4, -0.2) is 30.8 Å². The number of nitrogens with one attached hydrogen (secondary N) is 1. The predicted octanol–water partition coefficient (Wildman–Crippen LogP) is 6.16. The molecule has 0 aliphatic carbocycles. The van der Waals surface area contributed by atoms with Gasteiger partial charge in [0, 0.05) is 14.8 Å². The molecule has 33 heavy (non-hydrogen) atoms. The van der Waals surface area contributed by atoms with Gasteiger partial charge < -0.3 is 9.73 Å². The van der Waals surface area contributed by atoms with Gasteiger partial charge in [0.25, 0.3) is 5.22 Å². The highest BCUT2D eigenvalue weighted by Gasteiger charge is 2.16. The summed E-state index contributed by atoms with van der Waals surface area (Å²) in [5.74, 6) is -0.108. The third-order valence-corrected chi connectivity index (χ3v) is 8.50. The van der Waals surface area contributed by atoms with Crippen molar-refractivity contribution < 1.29 is 17.6 Å². The fourth-order valence-electron chi connectivity index (χ4n) is 2.91. The second kappa shape index (κ2) is 10.2. The molecule has 1 aromatic heterocycles. The summed E-state index contributed by atoms with van der Waals surface area (Å²) in [5.41, 5.74) is 1.62. The predicted molar refractivity (Wildman–Crippen MR) is 133 cm³/mol. The lowest BCUT2D eigenvalue weighted by molar-refractivity contribution is -0.113. The molecule has 0 spiro atoms. The van der Waals surface area contributed by atoms with Gasteiger partial charge in [0.1, 0.15) is 5.52 Å². The first-order valence-electron chi connectivity index (χ1n) is 9.92. The number of hydrogen-bond donors (Lipinski definition) is 1. The number of para-hydroxylation sites is 1. The van der Waals surface area contributed by atoms with Gasteiger partial charge in [0.2, 0.25) is 5.91 Å². The number of rotatable bonds is 8. The van der Waals surface area contributed by atoms with E-state index in [2.05, 4.69) is 10.3 Å². The van der Waals surface area contributed by atoms with Crippen molar-refractivity contribution in [1.29, 1.82) is 0 Å². The van der Waals surface area contributed by atoms with E-state index in [1.807, 2.05) is 48.5 Å². The second-order valence-electron chi connectivity index (χ2n) is 6.90. The molecule has 170 valence electrons. The fraction of sp³-hybridized carbons (Fsp3) is 0.130. The van der Waals surface area contributed by atoms with Crippen LogP contribution in [0, 0.1) is 0 Å². The lowest BCUT2D eigenvalue weighted by Gasteiger charge is -2.10. The number of thioether (sulfide) groups is 1. The Hall–Kier alpha value is -2.46. The molecular weight excluding hydrogens is 500 g/mol. The number of hydrogen-bond acceptors (Lipinski definition) is 7. The monoisotopic (exact) mass is 518 g/mol. The summed E-state index contributed by atoms with van der Waals surface area (Å²) in [6.07, 6.45) is 0. The number of carbonyl (C=O) groups excluding carboxylic acids is 1. The first-order chi connectivity index (χ1) is 15.8. The van der Waals surface area contributed by atoms with Crippen LogP contribution < -0.4 is 5.32 Å². The molecule has 4 aromatic rings. The number of aromatic nitrogens is 1. The minimum absolute atomic E-state index is 0.00984. The van der Waals surface area contributed by atoms with Crippen molar-refractivity contribution >= 4 is 67.7 Å². The van der Waals surface area contributed by atoms with Crippen molar-refractivity contribution in [3.05, 3.63) is 71.8 Å². The summed E-state index contributed by atoms with van der Waals surface area (Å²) < 4.78 is 29.8. The van der Waals surface area contributed by atoms with E-state index in [0.717, 1.165) is 21.6 Å². The first kappa shape index (κ1) is 23.7. The molecule has 0 bridgehead atoms. The topological polar surface area (TPSA) is 89.3 Å². The van der Waals surface area contributed by atoms with E-state index < -0.39 is 9.84 Å². The minimum Gasteiger partial charge on any atom is -0.431 e. The number of amides is 1. The van der Waals surface area contributed by atoms with Crippen LogP contribution in [0.2, 0.25) is 5.02 Å². The summed E-state index contributed by atoms with van der Waals surface area (Å²) in [6, 6.07) is 19.6. The number of benzene rings is 3. The molecule has 0 radical (unpaired) electrons. The van der Waals surface area contributed by atoms with E-state index in [1.54, 1.807) is 13.0 Å². The average Bonchev–Trinajstić information content (AvgIpc) is 3.23. The minimum atomic E-state index is -3.33. The van der Waals surface area contributed by atoms with Gasteiger partial charge in [0.05, 0.1) is 22.1 Å². The van der Waals surface area contributed by atoms with Crippen molar-refractivity contribution in [2.75, 3.05) is 16.8 Å². The lowest BCUT2D eigenvalue weighted by atomic mass is 10.3. The summed E-state index contributed by atoms with van der Waals surface area (Å²) >= 11 is 8.62. The number of oxazole rings is 1. The Kier molecular flexibility index (Phi) is 7.33. The Morgan fingerprint density at radius 2 is 1.85 bits per heavy atom. The van der Waals surface area contributed by atoms with Crippen molar-refractivity contribution in [2.24, 2.45) is 0 Å². The largest absolute Gasteiger partial charge is 0.431 e. The first-order valence-corrected chi connectivity index (χ1v) is 13.8. The van der Waals surface area contributed by atoms with Crippen molar-refractivity contribution in [1.82, 2.24) is 4.98 Å². The molecule has 4 rings (SSSR count). The molecular formula is C23H19ClN2O4S3. The van der Waals surface area contributed by atoms with Crippen molar-refractivity contribution in [3.63, 3.8) is 0 Å². The van der Waals surface area contributed by atoms with Crippen LogP contribution in [-0.2, 0) is 14.6 Å². The van der Waals surface area contributed by atoms with Gasteiger partial charge >= 0.3 is 0 Å². The summed E-state index contributed by atoms with van der Waals surface area (Å²) in [5, 5.41) is 3.90. The van der Waals surface area contributed by atoms with Gasteiger partial charge in [0.15, 0.2) is 15.4 Å². The summed E-state index contributed by atoms with van der Waals surface area (Å²) in [4.78, 5) is 19.0. The van der Waals surface area contributed by atoms with Crippen LogP contribution in [0.4, 0.5) is 5.69 Å². The van der Waals surface area contributed by atoms with E-state index >= 15 is 0 Å². The molecule has 6 nitrogen and oxygen atoms in total. The molecule has 0 unspecified atom stereocenters. The Morgan fingerprint density at radius 1 is 1.09 bits per heavy atom. The number of sulfone groups is 1. The van der Waals surface area contributed by atoms with Crippen LogP contribution in [0.15, 0.2) is 91.1 Å². The maximum absolute atomic E-state index is 12.6. The van der Waals surface area contributed by atoms with Crippen molar-refractivity contribution in [3.8, 4) is 0 Å². The van der Waals surface area contributed by atoms with E-state index in [1.165, 1.54) is 23.9 Å². The van der Waals surface area contributed by atoms with Crippen LogP contribution in [0.1, 0.15) is 6.92 Å². The highest BCUT2D eigenvalue weighted by atomic mass is 35.5. The van der Waals surface area contributed by atoms with Crippen LogP contribution in [0.5, 0.6) is 0 Å². The number of fused-ring (bicyclic) bond motifs is 1. The number of anilines is 1. The molecule has 0 saturated heterocycles. The molecule has 0 aliphatic heterocycles. The Labute approximate surface area is 205 Å². The Balaban J connectivity index is 1.42. The van der Waals surface area contributed by atoms with Gasteiger partial charge in [-0.1, -0.05) is 54.2 Å². The quantitative estimate of drug-likeness (QED) is 0.279. The number of carbonyl (C=O) groups is 1. The number of nitrogens with zero attached hydrogens (tertiary/aromatic N) is 1. The molecule has 0 saturated carbocycles. The van der Waals surface area contributed by atoms with E-state index in [-0.39, 0.29) is 22.3 Å². The second-order valence-corrected chi connectivity index (χ2v) is 11.7. The van der Waals surface area contributed by atoms with Crippen LogP contribution >= 0.6 is 35.1 Å². The SMILES string of the molecule is CCS(=O)(=O)c1ccc2oc(SCC(=O)Nc3ccccc3Sc3ccc(Cl)cc3)nc2c1. The van der Waals surface area contributed by atoms with Gasteiger partial charge in [-0.3, -0.25) is 4.79 Å².